The Hall–Kier alpha value is -1.95. The van der Waals surface area contributed by atoms with Gasteiger partial charge in [0, 0.05) is 31.0 Å². The molecule has 1 aromatic carbocycles. The number of benzene rings is 1. The van der Waals surface area contributed by atoms with Gasteiger partial charge in [-0.15, -0.1) is 0 Å². The van der Waals surface area contributed by atoms with Crippen molar-refractivity contribution in [3.63, 3.8) is 0 Å². The van der Waals surface area contributed by atoms with Gasteiger partial charge >= 0.3 is 6.61 Å². The lowest BCUT2D eigenvalue weighted by atomic mass is 10.1. The van der Waals surface area contributed by atoms with Crippen LogP contribution in [-0.2, 0) is 13.1 Å². The highest BCUT2D eigenvalue weighted by Gasteiger charge is 2.09. The maximum atomic E-state index is 12.3. The van der Waals surface area contributed by atoms with Crippen LogP contribution >= 0.6 is 0 Å². The van der Waals surface area contributed by atoms with Gasteiger partial charge in [-0.25, -0.2) is 4.98 Å². The molecule has 1 aromatic heterocycles. The van der Waals surface area contributed by atoms with E-state index in [1.807, 2.05) is 16.8 Å². The van der Waals surface area contributed by atoms with E-state index < -0.39 is 6.61 Å². The molecular weight excluding hydrogens is 276 g/mol. The predicted octanol–water partition coefficient (Wildman–Crippen LogP) is 2.91. The van der Waals surface area contributed by atoms with Crippen LogP contribution in [0.1, 0.15) is 12.5 Å². The zero-order chi connectivity index (χ0) is 15.1. The predicted molar refractivity (Wildman–Crippen MR) is 76.2 cm³/mol. The van der Waals surface area contributed by atoms with Crippen molar-refractivity contribution < 1.29 is 13.5 Å². The molecule has 0 aliphatic heterocycles. The Morgan fingerprint density at radius 2 is 2.14 bits per heavy atom. The molecule has 2 aromatic rings. The lowest BCUT2D eigenvalue weighted by Gasteiger charge is -2.15. The Morgan fingerprint density at radius 3 is 2.86 bits per heavy atom. The summed E-state index contributed by atoms with van der Waals surface area (Å²) >= 11 is 0. The second kappa shape index (κ2) is 7.73. The summed E-state index contributed by atoms with van der Waals surface area (Å²) in [6.45, 7) is 1.46. The molecule has 0 aliphatic rings. The van der Waals surface area contributed by atoms with Crippen LogP contribution in [0.5, 0.6) is 5.75 Å². The van der Waals surface area contributed by atoms with Crippen LogP contribution in [0.2, 0.25) is 0 Å². The maximum Gasteiger partial charge on any atom is 0.387 e. The van der Waals surface area contributed by atoms with Crippen molar-refractivity contribution in [1.82, 2.24) is 14.9 Å². The van der Waals surface area contributed by atoms with E-state index >= 15 is 0 Å². The maximum absolute atomic E-state index is 12.3. The van der Waals surface area contributed by atoms with Crippen LogP contribution in [0.4, 0.5) is 8.78 Å². The molecule has 6 heteroatoms. The van der Waals surface area contributed by atoms with Crippen LogP contribution < -0.4 is 10.1 Å². The standard InChI is InChI=1S/C15H19F2N3O/c1-12(10-20-7-6-18-11-20)8-19-9-13-4-2-3-5-14(13)21-15(16)17/h2-7,11-12,15,19H,8-10H2,1H3. The molecule has 1 heterocycles. The third-order valence-electron chi connectivity index (χ3n) is 3.08. The Labute approximate surface area is 122 Å². The van der Waals surface area contributed by atoms with Crippen LogP contribution in [-0.4, -0.2) is 22.7 Å². The molecule has 0 aliphatic carbocycles. The number of alkyl halides is 2. The fraction of sp³-hybridized carbons (Fsp3) is 0.400. The molecule has 4 nitrogen and oxygen atoms in total. The lowest BCUT2D eigenvalue weighted by molar-refractivity contribution is -0.0505. The highest BCUT2D eigenvalue weighted by Crippen LogP contribution is 2.19. The SMILES string of the molecule is CC(CNCc1ccccc1OC(F)F)Cn1ccnc1. The van der Waals surface area contributed by atoms with Gasteiger partial charge in [-0.1, -0.05) is 25.1 Å². The van der Waals surface area contributed by atoms with Gasteiger partial charge in [0.05, 0.1) is 6.33 Å². The van der Waals surface area contributed by atoms with Crippen molar-refractivity contribution in [2.24, 2.45) is 5.92 Å². The Bertz CT molecular complexity index is 531. The van der Waals surface area contributed by atoms with Crippen molar-refractivity contribution >= 4 is 0 Å². The Balaban J connectivity index is 1.80. The number of hydrogen-bond donors (Lipinski definition) is 1. The van der Waals surface area contributed by atoms with Gasteiger partial charge in [0.25, 0.3) is 0 Å². The van der Waals surface area contributed by atoms with Gasteiger partial charge in [0.15, 0.2) is 0 Å². The lowest BCUT2D eigenvalue weighted by Crippen LogP contribution is -2.24. The highest BCUT2D eigenvalue weighted by molar-refractivity contribution is 5.33. The van der Waals surface area contributed by atoms with E-state index in [2.05, 4.69) is 22.0 Å². The molecule has 1 atom stereocenters. The number of ether oxygens (including phenoxy) is 1. The molecule has 1 N–H and O–H groups in total. The van der Waals surface area contributed by atoms with Crippen molar-refractivity contribution in [2.75, 3.05) is 6.54 Å². The van der Waals surface area contributed by atoms with E-state index in [9.17, 15) is 8.78 Å². The third kappa shape index (κ3) is 5.15. The molecule has 21 heavy (non-hydrogen) atoms. The summed E-state index contributed by atoms with van der Waals surface area (Å²) in [6, 6.07) is 6.83. The first-order chi connectivity index (χ1) is 10.1. The van der Waals surface area contributed by atoms with E-state index in [-0.39, 0.29) is 5.75 Å². The second-order valence-electron chi connectivity index (χ2n) is 4.98. The number of nitrogens with one attached hydrogen (secondary N) is 1. The minimum atomic E-state index is -2.80. The van der Waals surface area contributed by atoms with Gasteiger partial charge in [0.1, 0.15) is 5.75 Å². The quantitative estimate of drug-likeness (QED) is 0.814. The average molecular weight is 295 g/mol. The van der Waals surface area contributed by atoms with Gasteiger partial charge in [0.2, 0.25) is 0 Å². The summed E-state index contributed by atoms with van der Waals surface area (Å²) in [4.78, 5) is 4.00. The average Bonchev–Trinajstić information content (AvgIpc) is 2.93. The number of rotatable bonds is 8. The van der Waals surface area contributed by atoms with Gasteiger partial charge < -0.3 is 14.6 Å². The zero-order valence-electron chi connectivity index (χ0n) is 11.9. The van der Waals surface area contributed by atoms with Crippen LogP contribution in [0.15, 0.2) is 43.0 Å². The summed E-state index contributed by atoms with van der Waals surface area (Å²) in [6.07, 6.45) is 5.45. The van der Waals surface area contributed by atoms with Gasteiger partial charge in [-0.05, 0) is 18.5 Å². The number of halogens is 2. The first-order valence-electron chi connectivity index (χ1n) is 6.84. The summed E-state index contributed by atoms with van der Waals surface area (Å²) in [7, 11) is 0. The summed E-state index contributed by atoms with van der Waals surface area (Å²) in [5, 5.41) is 3.27. The first-order valence-corrected chi connectivity index (χ1v) is 6.84. The fourth-order valence-electron chi connectivity index (χ4n) is 2.13. The molecule has 0 amide bonds. The molecule has 1 unspecified atom stereocenters. The van der Waals surface area contributed by atoms with Gasteiger partial charge in [-0.3, -0.25) is 0 Å². The largest absolute Gasteiger partial charge is 0.434 e. The molecule has 0 spiro atoms. The molecular formula is C15H19F2N3O. The number of hydrogen-bond acceptors (Lipinski definition) is 3. The second-order valence-corrected chi connectivity index (χ2v) is 4.98. The topological polar surface area (TPSA) is 39.1 Å². The molecule has 0 saturated heterocycles. The van der Waals surface area contributed by atoms with Crippen LogP contribution in [0.25, 0.3) is 0 Å². The van der Waals surface area contributed by atoms with E-state index in [1.165, 1.54) is 0 Å². The summed E-state index contributed by atoms with van der Waals surface area (Å²) in [5.41, 5.74) is 0.729. The van der Waals surface area contributed by atoms with E-state index in [0.717, 1.165) is 18.7 Å². The fourth-order valence-corrected chi connectivity index (χ4v) is 2.13. The smallest absolute Gasteiger partial charge is 0.387 e. The zero-order valence-corrected chi connectivity index (χ0v) is 11.9. The monoisotopic (exact) mass is 295 g/mol. The molecule has 2 rings (SSSR count). The first kappa shape index (κ1) is 15.4. The number of nitrogens with zero attached hydrogens (tertiary/aromatic N) is 2. The third-order valence-corrected chi connectivity index (χ3v) is 3.08. The molecule has 114 valence electrons. The minimum Gasteiger partial charge on any atom is -0.434 e. The Kier molecular flexibility index (Phi) is 5.68. The van der Waals surface area contributed by atoms with E-state index in [1.54, 1.807) is 30.7 Å². The van der Waals surface area contributed by atoms with Crippen molar-refractivity contribution in [1.29, 1.82) is 0 Å². The number of imidazole rings is 1. The van der Waals surface area contributed by atoms with Crippen molar-refractivity contribution in [2.45, 2.75) is 26.6 Å². The normalized spacial score (nSPS) is 12.6. The van der Waals surface area contributed by atoms with Crippen molar-refractivity contribution in [3.8, 4) is 5.75 Å². The Morgan fingerprint density at radius 1 is 1.33 bits per heavy atom. The number of para-hydroxylation sites is 1. The van der Waals surface area contributed by atoms with Crippen LogP contribution in [0, 0.1) is 5.92 Å². The number of aromatic nitrogens is 2. The summed E-state index contributed by atoms with van der Waals surface area (Å²) in [5.74, 6) is 0.629. The molecule has 0 fully saturated rings. The summed E-state index contributed by atoms with van der Waals surface area (Å²) < 4.78 is 31.1. The minimum absolute atomic E-state index is 0.224. The highest BCUT2D eigenvalue weighted by atomic mass is 19.3. The molecule has 0 radical (unpaired) electrons. The molecule has 0 saturated carbocycles. The van der Waals surface area contributed by atoms with E-state index in [4.69, 9.17) is 0 Å². The van der Waals surface area contributed by atoms with Crippen LogP contribution in [0.3, 0.4) is 0 Å². The molecule has 0 bridgehead atoms. The van der Waals surface area contributed by atoms with Crippen molar-refractivity contribution in [3.05, 3.63) is 48.5 Å². The van der Waals surface area contributed by atoms with E-state index in [0.29, 0.717) is 12.5 Å². The van der Waals surface area contributed by atoms with Gasteiger partial charge in [-0.2, -0.15) is 8.78 Å².